The first-order valence-electron chi connectivity index (χ1n) is 7.77. The van der Waals surface area contributed by atoms with Crippen molar-refractivity contribution in [3.63, 3.8) is 0 Å². The summed E-state index contributed by atoms with van der Waals surface area (Å²) in [6.07, 6.45) is 0.464. The van der Waals surface area contributed by atoms with E-state index in [0.717, 1.165) is 11.1 Å². The fraction of sp³-hybridized carbons (Fsp3) is 0.158. The summed E-state index contributed by atoms with van der Waals surface area (Å²) in [5, 5.41) is 12.8. The Bertz CT molecular complexity index is 898. The van der Waals surface area contributed by atoms with Gasteiger partial charge in [0.2, 0.25) is 11.7 Å². The Hall–Kier alpha value is -3.46. The molecule has 0 aliphatic heterocycles. The number of hydrogen-bond donors (Lipinski definition) is 0. The lowest BCUT2D eigenvalue weighted by atomic mass is 10.1. The summed E-state index contributed by atoms with van der Waals surface area (Å²) in [6.45, 7) is 0.132. The lowest BCUT2D eigenvalue weighted by molar-refractivity contribution is -0.145. The molecule has 1 aromatic heterocycles. The smallest absolute Gasteiger partial charge is 0.306 e. The molecule has 0 N–H and O–H groups in total. The maximum Gasteiger partial charge on any atom is 0.306 e. The number of hydrogen-bond acceptors (Lipinski definition) is 6. The zero-order valence-corrected chi connectivity index (χ0v) is 13.4. The number of carbonyl (C=O) groups excluding carboxylic acids is 1. The predicted molar refractivity (Wildman–Crippen MR) is 89.0 cm³/mol. The highest BCUT2D eigenvalue weighted by atomic mass is 16.5. The number of carbonyl (C=O) groups is 1. The van der Waals surface area contributed by atoms with Gasteiger partial charge in [-0.05, 0) is 17.7 Å². The van der Waals surface area contributed by atoms with E-state index >= 15 is 0 Å². The number of aryl methyl sites for hydroxylation is 1. The van der Waals surface area contributed by atoms with Crippen LogP contribution in [0.4, 0.5) is 0 Å². The van der Waals surface area contributed by atoms with Gasteiger partial charge in [-0.15, -0.1) is 0 Å². The molecule has 6 nitrogen and oxygen atoms in total. The number of nitriles is 1. The summed E-state index contributed by atoms with van der Waals surface area (Å²) in [4.78, 5) is 16.1. The highest BCUT2D eigenvalue weighted by Gasteiger charge is 2.11. The Kier molecular flexibility index (Phi) is 5.17. The second kappa shape index (κ2) is 7.88. The van der Waals surface area contributed by atoms with Crippen LogP contribution < -0.4 is 0 Å². The van der Waals surface area contributed by atoms with E-state index in [9.17, 15) is 4.79 Å². The first-order valence-corrected chi connectivity index (χ1v) is 7.77. The van der Waals surface area contributed by atoms with E-state index in [4.69, 9.17) is 14.5 Å². The Labute approximate surface area is 144 Å². The number of ether oxygens (including phenoxy) is 1. The molecule has 0 unspecified atom stereocenters. The number of aromatic nitrogens is 2. The van der Waals surface area contributed by atoms with Gasteiger partial charge < -0.3 is 9.26 Å². The zero-order valence-electron chi connectivity index (χ0n) is 13.4. The summed E-state index contributed by atoms with van der Waals surface area (Å²) < 4.78 is 10.4. The summed E-state index contributed by atoms with van der Waals surface area (Å²) in [7, 11) is 0. The van der Waals surface area contributed by atoms with Gasteiger partial charge in [0.15, 0.2) is 0 Å². The van der Waals surface area contributed by atoms with Crippen molar-refractivity contribution < 1.29 is 14.1 Å². The van der Waals surface area contributed by atoms with Crippen LogP contribution in [0.2, 0.25) is 0 Å². The molecular weight excluding hydrogens is 318 g/mol. The van der Waals surface area contributed by atoms with Crippen molar-refractivity contribution in [3.05, 3.63) is 71.6 Å². The van der Waals surface area contributed by atoms with Gasteiger partial charge in [-0.1, -0.05) is 47.6 Å². The molecule has 0 atom stereocenters. The molecular formula is C19H15N3O3. The highest BCUT2D eigenvalue weighted by Crippen LogP contribution is 2.15. The molecule has 0 radical (unpaired) electrons. The Morgan fingerprint density at radius 3 is 2.80 bits per heavy atom. The zero-order chi connectivity index (χ0) is 17.5. The van der Waals surface area contributed by atoms with Gasteiger partial charge in [-0.3, -0.25) is 4.79 Å². The van der Waals surface area contributed by atoms with E-state index in [1.54, 1.807) is 24.3 Å². The van der Waals surface area contributed by atoms with Gasteiger partial charge in [0.05, 0.1) is 18.1 Å². The van der Waals surface area contributed by atoms with Crippen molar-refractivity contribution >= 4 is 5.97 Å². The molecule has 25 heavy (non-hydrogen) atoms. The van der Waals surface area contributed by atoms with Crippen molar-refractivity contribution in [2.45, 2.75) is 19.4 Å². The third kappa shape index (κ3) is 4.52. The third-order valence-corrected chi connectivity index (χ3v) is 3.50. The van der Waals surface area contributed by atoms with Gasteiger partial charge in [-0.2, -0.15) is 10.2 Å². The lowest BCUT2D eigenvalue weighted by Gasteiger charge is -2.04. The van der Waals surface area contributed by atoms with Crippen LogP contribution in [-0.4, -0.2) is 16.1 Å². The number of esters is 1. The second-order valence-corrected chi connectivity index (χ2v) is 5.35. The van der Waals surface area contributed by atoms with Gasteiger partial charge in [0, 0.05) is 12.0 Å². The van der Waals surface area contributed by atoms with Gasteiger partial charge >= 0.3 is 5.97 Å². The summed E-state index contributed by atoms with van der Waals surface area (Å²) >= 11 is 0. The fourth-order valence-corrected chi connectivity index (χ4v) is 2.24. The summed E-state index contributed by atoms with van der Waals surface area (Å²) in [5.74, 6) is 0.529. The van der Waals surface area contributed by atoms with E-state index in [2.05, 4.69) is 10.1 Å². The third-order valence-electron chi connectivity index (χ3n) is 3.50. The van der Waals surface area contributed by atoms with Crippen molar-refractivity contribution in [2.75, 3.05) is 0 Å². The lowest BCUT2D eigenvalue weighted by Crippen LogP contribution is -2.06. The molecule has 6 heteroatoms. The van der Waals surface area contributed by atoms with E-state index in [0.29, 0.717) is 23.7 Å². The molecule has 3 rings (SSSR count). The molecule has 0 bridgehead atoms. The average molecular weight is 333 g/mol. The maximum atomic E-state index is 11.8. The normalized spacial score (nSPS) is 10.2. The topological polar surface area (TPSA) is 89.0 Å². The average Bonchev–Trinajstić information content (AvgIpc) is 3.15. The second-order valence-electron chi connectivity index (χ2n) is 5.35. The molecule has 3 aromatic rings. The van der Waals surface area contributed by atoms with E-state index in [-0.39, 0.29) is 19.0 Å². The van der Waals surface area contributed by atoms with Crippen molar-refractivity contribution in [1.82, 2.24) is 10.1 Å². The Morgan fingerprint density at radius 2 is 2.00 bits per heavy atom. The standard InChI is InChI=1S/C19H15N3O3/c20-12-14-5-4-6-15(11-14)13-24-18(23)10-9-17-21-19(22-25-17)16-7-2-1-3-8-16/h1-8,11H,9-10,13H2. The first-order chi connectivity index (χ1) is 12.2. The van der Waals surface area contributed by atoms with Crippen LogP contribution in [0.1, 0.15) is 23.4 Å². The van der Waals surface area contributed by atoms with Gasteiger partial charge in [-0.25, -0.2) is 0 Å². The summed E-state index contributed by atoms with van der Waals surface area (Å²) in [6, 6.07) is 18.5. The molecule has 1 heterocycles. The van der Waals surface area contributed by atoms with E-state index in [1.807, 2.05) is 36.4 Å². The molecule has 0 saturated heterocycles. The van der Waals surface area contributed by atoms with Crippen molar-refractivity contribution in [2.24, 2.45) is 0 Å². The SMILES string of the molecule is N#Cc1cccc(COC(=O)CCc2nc(-c3ccccc3)no2)c1. The highest BCUT2D eigenvalue weighted by molar-refractivity contribution is 5.69. The molecule has 0 fully saturated rings. The molecule has 0 amide bonds. The van der Waals surface area contributed by atoms with Crippen LogP contribution in [0.3, 0.4) is 0 Å². The van der Waals surface area contributed by atoms with Crippen molar-refractivity contribution in [3.8, 4) is 17.5 Å². The fourth-order valence-electron chi connectivity index (χ4n) is 2.24. The van der Waals surface area contributed by atoms with Crippen LogP contribution >= 0.6 is 0 Å². The van der Waals surface area contributed by atoms with Gasteiger partial charge in [0.1, 0.15) is 6.61 Å². The number of rotatable bonds is 6. The molecule has 2 aromatic carbocycles. The van der Waals surface area contributed by atoms with E-state index < -0.39 is 0 Å². The predicted octanol–water partition coefficient (Wildman–Crippen LogP) is 3.28. The van der Waals surface area contributed by atoms with Crippen LogP contribution in [-0.2, 0) is 22.6 Å². The van der Waals surface area contributed by atoms with Gasteiger partial charge in [0.25, 0.3) is 0 Å². The number of nitrogens with zero attached hydrogens (tertiary/aromatic N) is 3. The number of benzene rings is 2. The van der Waals surface area contributed by atoms with Crippen LogP contribution in [0.15, 0.2) is 59.1 Å². The molecule has 0 spiro atoms. The minimum absolute atomic E-state index is 0.132. The minimum atomic E-state index is -0.359. The molecule has 0 aliphatic rings. The van der Waals surface area contributed by atoms with Crippen LogP contribution in [0.25, 0.3) is 11.4 Å². The Morgan fingerprint density at radius 1 is 1.16 bits per heavy atom. The van der Waals surface area contributed by atoms with Crippen LogP contribution in [0, 0.1) is 11.3 Å². The Balaban J connectivity index is 1.49. The maximum absolute atomic E-state index is 11.8. The summed E-state index contributed by atoms with van der Waals surface area (Å²) in [5.41, 5.74) is 2.17. The molecule has 0 aliphatic carbocycles. The largest absolute Gasteiger partial charge is 0.461 e. The van der Waals surface area contributed by atoms with Crippen LogP contribution in [0.5, 0.6) is 0 Å². The minimum Gasteiger partial charge on any atom is -0.461 e. The monoisotopic (exact) mass is 333 g/mol. The van der Waals surface area contributed by atoms with Crippen molar-refractivity contribution in [1.29, 1.82) is 5.26 Å². The molecule has 124 valence electrons. The first kappa shape index (κ1) is 16.4. The quantitative estimate of drug-likeness (QED) is 0.643. The van der Waals surface area contributed by atoms with E-state index in [1.165, 1.54) is 0 Å². The molecule has 0 saturated carbocycles.